The molecule has 24 heavy (non-hydrogen) atoms. The predicted octanol–water partition coefficient (Wildman–Crippen LogP) is 4.41. The summed E-state index contributed by atoms with van der Waals surface area (Å²) < 4.78 is 17.1. The van der Waals surface area contributed by atoms with Crippen LogP contribution < -0.4 is 4.74 Å². The lowest BCUT2D eigenvalue weighted by Gasteiger charge is -2.38. The van der Waals surface area contributed by atoms with E-state index in [1.165, 1.54) is 0 Å². The SMILES string of the molecule is COc1cc(/C=C/COC2(C)CCOC(CC(C)C)C2)ccc1O. The van der Waals surface area contributed by atoms with Crippen molar-refractivity contribution in [2.24, 2.45) is 5.92 Å². The molecule has 4 nitrogen and oxygen atoms in total. The van der Waals surface area contributed by atoms with Crippen LogP contribution in [0.25, 0.3) is 6.08 Å². The average Bonchev–Trinajstić information content (AvgIpc) is 2.52. The van der Waals surface area contributed by atoms with Crippen LogP contribution in [0.1, 0.15) is 45.6 Å². The molecule has 2 rings (SSSR count). The van der Waals surface area contributed by atoms with Crippen molar-refractivity contribution in [3.8, 4) is 11.5 Å². The minimum atomic E-state index is -0.116. The Kier molecular flexibility index (Phi) is 6.69. The predicted molar refractivity (Wildman–Crippen MR) is 96.5 cm³/mol. The summed E-state index contributed by atoms with van der Waals surface area (Å²) in [6.45, 7) is 7.97. The van der Waals surface area contributed by atoms with Gasteiger partial charge >= 0.3 is 0 Å². The van der Waals surface area contributed by atoms with Crippen molar-refractivity contribution in [3.05, 3.63) is 29.8 Å². The molecule has 1 aliphatic heterocycles. The van der Waals surface area contributed by atoms with Crippen molar-refractivity contribution in [3.63, 3.8) is 0 Å². The van der Waals surface area contributed by atoms with E-state index in [4.69, 9.17) is 14.2 Å². The molecule has 134 valence electrons. The van der Waals surface area contributed by atoms with Gasteiger partial charge in [-0.05, 0) is 43.4 Å². The van der Waals surface area contributed by atoms with Crippen LogP contribution in [0.3, 0.4) is 0 Å². The summed E-state index contributed by atoms with van der Waals surface area (Å²) >= 11 is 0. The minimum absolute atomic E-state index is 0.116. The number of benzene rings is 1. The van der Waals surface area contributed by atoms with E-state index >= 15 is 0 Å². The monoisotopic (exact) mass is 334 g/mol. The highest BCUT2D eigenvalue weighted by Gasteiger charge is 2.33. The largest absolute Gasteiger partial charge is 0.504 e. The molecule has 0 aliphatic carbocycles. The fraction of sp³-hybridized carbons (Fsp3) is 0.600. The van der Waals surface area contributed by atoms with Gasteiger partial charge in [0.15, 0.2) is 11.5 Å². The summed E-state index contributed by atoms with van der Waals surface area (Å²) in [6, 6.07) is 5.29. The molecule has 1 aromatic rings. The second kappa shape index (κ2) is 8.54. The van der Waals surface area contributed by atoms with Crippen LogP contribution in [-0.2, 0) is 9.47 Å². The molecule has 0 aromatic heterocycles. The topological polar surface area (TPSA) is 47.9 Å². The van der Waals surface area contributed by atoms with Crippen molar-refractivity contribution in [2.45, 2.75) is 51.7 Å². The number of methoxy groups -OCH3 is 1. The molecule has 2 atom stereocenters. The highest BCUT2D eigenvalue weighted by molar-refractivity contribution is 5.55. The van der Waals surface area contributed by atoms with E-state index in [2.05, 4.69) is 20.8 Å². The zero-order valence-corrected chi connectivity index (χ0v) is 15.2. The molecule has 0 saturated carbocycles. The first-order valence-corrected chi connectivity index (χ1v) is 8.71. The molecule has 1 fully saturated rings. The van der Waals surface area contributed by atoms with Crippen LogP contribution in [0.5, 0.6) is 11.5 Å². The van der Waals surface area contributed by atoms with Crippen molar-refractivity contribution in [1.82, 2.24) is 0 Å². The van der Waals surface area contributed by atoms with Crippen molar-refractivity contribution < 1.29 is 19.3 Å². The van der Waals surface area contributed by atoms with Gasteiger partial charge in [0.2, 0.25) is 0 Å². The summed E-state index contributed by atoms with van der Waals surface area (Å²) in [5.41, 5.74) is 0.859. The third-order valence-corrected chi connectivity index (χ3v) is 4.42. The Morgan fingerprint density at radius 1 is 1.42 bits per heavy atom. The van der Waals surface area contributed by atoms with Crippen LogP contribution in [0.15, 0.2) is 24.3 Å². The molecular formula is C20H30O4. The molecule has 0 amide bonds. The van der Waals surface area contributed by atoms with Gasteiger partial charge in [0, 0.05) is 13.0 Å². The third-order valence-electron chi connectivity index (χ3n) is 4.42. The Morgan fingerprint density at radius 2 is 2.21 bits per heavy atom. The van der Waals surface area contributed by atoms with Gasteiger partial charge < -0.3 is 19.3 Å². The van der Waals surface area contributed by atoms with E-state index in [1.54, 1.807) is 19.2 Å². The van der Waals surface area contributed by atoms with Gasteiger partial charge in [-0.1, -0.05) is 32.1 Å². The lowest BCUT2D eigenvalue weighted by Crippen LogP contribution is -2.41. The van der Waals surface area contributed by atoms with Crippen molar-refractivity contribution >= 4 is 6.08 Å². The molecule has 1 N–H and O–H groups in total. The summed E-state index contributed by atoms with van der Waals surface area (Å²) in [5, 5.41) is 9.61. The first-order chi connectivity index (χ1) is 11.4. The lowest BCUT2D eigenvalue weighted by molar-refractivity contribution is -0.126. The Bertz CT molecular complexity index is 553. The van der Waals surface area contributed by atoms with E-state index in [-0.39, 0.29) is 11.4 Å². The van der Waals surface area contributed by atoms with Gasteiger partial charge in [-0.3, -0.25) is 0 Å². The minimum Gasteiger partial charge on any atom is -0.504 e. The van der Waals surface area contributed by atoms with Gasteiger partial charge in [0.05, 0.1) is 25.4 Å². The Morgan fingerprint density at radius 3 is 2.92 bits per heavy atom. The number of phenols is 1. The van der Waals surface area contributed by atoms with Gasteiger partial charge in [0.25, 0.3) is 0 Å². The van der Waals surface area contributed by atoms with Crippen molar-refractivity contribution in [1.29, 1.82) is 0 Å². The second-order valence-electron chi connectivity index (χ2n) is 7.17. The van der Waals surface area contributed by atoms with Gasteiger partial charge in [-0.15, -0.1) is 0 Å². The van der Waals surface area contributed by atoms with Crippen LogP contribution in [-0.4, -0.2) is 37.1 Å². The number of hydrogen-bond donors (Lipinski definition) is 1. The zero-order valence-electron chi connectivity index (χ0n) is 15.2. The number of hydrogen-bond acceptors (Lipinski definition) is 4. The fourth-order valence-electron chi connectivity index (χ4n) is 3.12. The standard InChI is InChI=1S/C20H30O4/c1-15(2)12-17-14-20(3,9-11-23-17)24-10-5-6-16-7-8-18(21)19(13-16)22-4/h5-8,13,15,17,21H,9-12,14H2,1-4H3/b6-5+. The van der Waals surface area contributed by atoms with E-state index in [1.807, 2.05) is 18.2 Å². The highest BCUT2D eigenvalue weighted by atomic mass is 16.5. The van der Waals surface area contributed by atoms with Crippen LogP contribution in [0, 0.1) is 5.92 Å². The van der Waals surface area contributed by atoms with E-state index in [9.17, 15) is 5.11 Å². The fourth-order valence-corrected chi connectivity index (χ4v) is 3.12. The summed E-state index contributed by atoms with van der Waals surface area (Å²) in [7, 11) is 1.55. The lowest BCUT2D eigenvalue weighted by atomic mass is 9.88. The summed E-state index contributed by atoms with van der Waals surface area (Å²) in [6.07, 6.45) is 7.26. The maximum absolute atomic E-state index is 9.61. The quantitative estimate of drug-likeness (QED) is 0.802. The molecule has 0 bridgehead atoms. The van der Waals surface area contributed by atoms with Gasteiger partial charge in [-0.25, -0.2) is 0 Å². The Hall–Kier alpha value is -1.52. The summed E-state index contributed by atoms with van der Waals surface area (Å²) in [4.78, 5) is 0. The van der Waals surface area contributed by atoms with E-state index in [0.29, 0.717) is 24.4 Å². The summed E-state index contributed by atoms with van der Waals surface area (Å²) in [5.74, 6) is 1.27. The second-order valence-corrected chi connectivity index (χ2v) is 7.17. The van der Waals surface area contributed by atoms with Gasteiger partial charge in [-0.2, -0.15) is 0 Å². The van der Waals surface area contributed by atoms with Crippen LogP contribution >= 0.6 is 0 Å². The molecule has 0 spiro atoms. The molecule has 4 heteroatoms. The number of phenolic OH excluding ortho intramolecular Hbond substituents is 1. The smallest absolute Gasteiger partial charge is 0.161 e. The van der Waals surface area contributed by atoms with E-state index in [0.717, 1.165) is 31.4 Å². The van der Waals surface area contributed by atoms with Gasteiger partial charge in [0.1, 0.15) is 0 Å². The molecule has 1 heterocycles. The highest BCUT2D eigenvalue weighted by Crippen LogP contribution is 2.31. The van der Waals surface area contributed by atoms with Crippen molar-refractivity contribution in [2.75, 3.05) is 20.3 Å². The molecule has 2 unspecified atom stereocenters. The number of rotatable bonds is 7. The Labute approximate surface area is 145 Å². The zero-order chi connectivity index (χ0) is 17.6. The van der Waals surface area contributed by atoms with Crippen LogP contribution in [0.2, 0.25) is 0 Å². The molecule has 0 radical (unpaired) electrons. The Balaban J connectivity index is 1.86. The first-order valence-electron chi connectivity index (χ1n) is 8.71. The maximum Gasteiger partial charge on any atom is 0.161 e. The number of aromatic hydroxyl groups is 1. The molecule has 1 aromatic carbocycles. The van der Waals surface area contributed by atoms with Crippen LogP contribution in [0.4, 0.5) is 0 Å². The average molecular weight is 334 g/mol. The third kappa shape index (κ3) is 5.53. The molecule has 1 saturated heterocycles. The van der Waals surface area contributed by atoms with E-state index < -0.39 is 0 Å². The number of ether oxygens (including phenoxy) is 3. The normalized spacial score (nSPS) is 24.6. The molecular weight excluding hydrogens is 304 g/mol. The maximum atomic E-state index is 9.61. The molecule has 1 aliphatic rings. The first kappa shape index (κ1) is 18.8.